The zero-order valence-electron chi connectivity index (χ0n) is 79.8. The number of hydrogen-bond donors (Lipinski definition) is 8. The molecule has 33 nitrogen and oxygen atoms in total. The van der Waals surface area contributed by atoms with Gasteiger partial charge in [-0.05, 0) is 171 Å². The number of aryl methyl sites for hydroxylation is 8. The van der Waals surface area contributed by atoms with Crippen molar-refractivity contribution < 1.29 is 43.1 Å². The van der Waals surface area contributed by atoms with Crippen molar-refractivity contribution in [2.45, 2.75) is 130 Å². The Morgan fingerprint density at radius 2 is 0.723 bits per heavy atom. The monoisotopic (exact) mass is 1890 g/mol. The highest BCUT2D eigenvalue weighted by Gasteiger charge is 2.30. The molecule has 15 heterocycles. The van der Waals surface area contributed by atoms with Crippen LogP contribution in [0.25, 0.3) is 89.4 Å². The minimum atomic E-state index is -0.0731. The average Bonchev–Trinajstić information content (AvgIpc) is 1.65. The van der Waals surface area contributed by atoms with E-state index in [2.05, 4.69) is 162 Å². The summed E-state index contributed by atoms with van der Waals surface area (Å²) in [5, 5.41) is 23.5. The van der Waals surface area contributed by atoms with Gasteiger partial charge < -0.3 is 83.8 Å². The van der Waals surface area contributed by atoms with E-state index >= 15 is 0 Å². The van der Waals surface area contributed by atoms with Crippen LogP contribution in [0.2, 0.25) is 0 Å². The lowest BCUT2D eigenvalue weighted by atomic mass is 10.1. The minimum absolute atomic E-state index is 0.00389. The molecule has 141 heavy (non-hydrogen) atoms. The van der Waals surface area contributed by atoms with E-state index in [4.69, 9.17) is 14.7 Å². The molecule has 0 bridgehead atoms. The van der Waals surface area contributed by atoms with Gasteiger partial charge in [0.05, 0.1) is 112 Å². The Labute approximate surface area is 813 Å². The second-order valence-corrected chi connectivity index (χ2v) is 36.0. The maximum atomic E-state index is 12.3. The topological polar surface area (TPSA) is 375 Å². The lowest BCUT2D eigenvalue weighted by Crippen LogP contribution is -2.26. The number of hydrogen-bond acceptors (Lipinski definition) is 17. The molecule has 0 spiro atoms. The van der Waals surface area contributed by atoms with Crippen LogP contribution in [0.15, 0.2) is 213 Å². The first-order valence-electron chi connectivity index (χ1n) is 48.6. The van der Waals surface area contributed by atoms with Gasteiger partial charge in [0.1, 0.15) is 29.0 Å². The summed E-state index contributed by atoms with van der Waals surface area (Å²) in [6.45, 7) is 16.9. The van der Waals surface area contributed by atoms with E-state index in [1.807, 2.05) is 181 Å². The summed E-state index contributed by atoms with van der Waals surface area (Å²) >= 11 is 0. The van der Waals surface area contributed by atoms with Crippen LogP contribution in [0.1, 0.15) is 146 Å². The SMILES string of the molecule is CCc1nc2cccc3c2n1CCNC3=O.COc1cccc(CCNC(=O)CCc2nc3cccc4c3n2CCNC4=O)c1.Cc1ccc(CCNC(=O)CCc2nc3cccc4c3n2CCNC4=O)cc1.Cn1cccc1-c1nc2cccc3c2n1CCNC3=O.Cn1ccnc1-c1nc2cccc3c2n1CCNC3=O.O=C1NCCn2c(CCc3ccc(CN4CCCC4)cc3)nc3cccc1c32. The Hall–Kier alpha value is -16.2. The predicted octanol–water partition coefficient (Wildman–Crippen LogP) is 11.9. The predicted molar refractivity (Wildman–Crippen MR) is 541 cm³/mol. The lowest BCUT2D eigenvalue weighted by molar-refractivity contribution is -0.121. The molecular weight excluding hydrogens is 1780 g/mol. The van der Waals surface area contributed by atoms with E-state index in [9.17, 15) is 38.4 Å². The number of nitrogens with zero attached hydrogens (tertiary/aromatic N) is 16. The molecule has 0 unspecified atom stereocenters. The fourth-order valence-electron chi connectivity index (χ4n) is 19.7. The number of amides is 8. The number of rotatable bonds is 21. The van der Waals surface area contributed by atoms with E-state index in [-0.39, 0.29) is 47.3 Å². The van der Waals surface area contributed by atoms with Crippen LogP contribution in [-0.4, -0.2) is 196 Å². The van der Waals surface area contributed by atoms with E-state index in [0.29, 0.717) is 120 Å². The summed E-state index contributed by atoms with van der Waals surface area (Å²) in [4.78, 5) is 132. The van der Waals surface area contributed by atoms with Gasteiger partial charge >= 0.3 is 0 Å². The third kappa shape index (κ3) is 20.4. The Kier molecular flexibility index (Phi) is 28.2. The van der Waals surface area contributed by atoms with Gasteiger partial charge in [0.2, 0.25) is 11.8 Å². The lowest BCUT2D eigenvalue weighted by Gasteiger charge is -2.14. The summed E-state index contributed by atoms with van der Waals surface area (Å²) < 4.78 is 21.9. The molecule has 8 amide bonds. The summed E-state index contributed by atoms with van der Waals surface area (Å²) in [6, 6.07) is 63.3. The largest absolute Gasteiger partial charge is 0.497 e. The number of carbonyl (C=O) groups excluding carboxylic acids is 8. The Bertz CT molecular complexity index is 7440. The summed E-state index contributed by atoms with van der Waals surface area (Å²) in [7, 11) is 5.59. The number of likely N-dealkylation sites (tertiary alicyclic amines) is 1. The molecule has 8 aromatic heterocycles. The van der Waals surface area contributed by atoms with Crippen molar-refractivity contribution in [2.75, 3.05) is 72.6 Å². The van der Waals surface area contributed by atoms with Gasteiger partial charge in [0.15, 0.2) is 17.5 Å². The quantitative estimate of drug-likeness (QED) is 0.0331. The number of nitrogens with one attached hydrogen (secondary N) is 8. The van der Waals surface area contributed by atoms with Crippen LogP contribution in [0.5, 0.6) is 5.75 Å². The van der Waals surface area contributed by atoms with Gasteiger partial charge in [-0.15, -0.1) is 0 Å². The van der Waals surface area contributed by atoms with Crippen LogP contribution in [0.3, 0.4) is 0 Å². The highest BCUT2D eigenvalue weighted by atomic mass is 16.5. The number of carbonyl (C=O) groups is 8. The molecule has 33 heteroatoms. The standard InChI is InChI=1S/C23H26N4O.C22H24N4O3.C22H24N4O2.C15H14N4O.C14H13N5O.C12H13N3O/c28-23-19-4-3-5-20-22(19)27(15-12-24-23)21(25-20)11-10-17-6-8-18(9-7-17)16-26-13-1-2-14-26;1-29-16-5-2-4-15(14-16)10-11-23-20(27)9-8-19-25-18-7-3-6-17-21(18)26(19)13-12-24-22(17)28;1-15-5-7-16(8-6-15)11-12-23-20(27)10-9-19-25-18-4-2-3-17-21(18)26(19)14-13-24-22(17)28;1-18-8-3-6-12(18)14-17-11-5-2-4-10-13(11)19(14)9-7-16-15(10)20;1-18-7-5-15-12(18)13-17-10-4-2-3-9-11(10)19(13)8-6-16-14(9)20;1-2-10-14-9-5-3-4-8-11(9)15(10)7-6-13-12(8)16/h3-9H,1-2,10-16H2,(H,24,28);2-7,14H,8-13H2,1H3,(H,23,27)(H,24,28);2-8H,9-14H2,1H3,(H,23,27)(H,24,28);2-6,8H,7,9H2,1H3,(H,16,20);2-5,7H,6,8H2,1H3,(H,16,20);3-5H,2,6-7H2,1H3,(H,13,16). The van der Waals surface area contributed by atoms with Crippen molar-refractivity contribution >= 4 is 113 Å². The number of imidazole rings is 7. The zero-order valence-corrected chi connectivity index (χ0v) is 79.8. The van der Waals surface area contributed by atoms with Crippen LogP contribution >= 0.6 is 0 Å². The molecular formula is C108H114N24O9. The first-order valence-corrected chi connectivity index (χ1v) is 48.6. The van der Waals surface area contributed by atoms with Gasteiger partial charge in [-0.1, -0.05) is 110 Å². The van der Waals surface area contributed by atoms with Gasteiger partial charge in [-0.3, -0.25) is 43.3 Å². The molecule has 17 aromatic rings. The van der Waals surface area contributed by atoms with Gasteiger partial charge in [0.25, 0.3) is 35.4 Å². The maximum Gasteiger partial charge on any atom is 0.253 e. The number of aromatic nitrogens is 15. The minimum Gasteiger partial charge on any atom is -0.497 e. The summed E-state index contributed by atoms with van der Waals surface area (Å²) in [6.07, 6.45) is 14.5. The third-order valence-corrected chi connectivity index (χ3v) is 26.8. The molecule has 7 aliphatic rings. The Balaban J connectivity index is 0.000000109. The Morgan fingerprint density at radius 3 is 1.14 bits per heavy atom. The average molecular weight is 1890 g/mol. The molecule has 0 aliphatic carbocycles. The highest BCUT2D eigenvalue weighted by molar-refractivity contribution is 6.10. The molecule has 1 saturated heterocycles. The highest BCUT2D eigenvalue weighted by Crippen LogP contribution is 2.34. The van der Waals surface area contributed by atoms with Crippen molar-refractivity contribution in [1.82, 2.24) is 119 Å². The smallest absolute Gasteiger partial charge is 0.253 e. The zero-order chi connectivity index (χ0) is 97.2. The second-order valence-electron chi connectivity index (χ2n) is 36.0. The van der Waals surface area contributed by atoms with Crippen molar-refractivity contribution in [2.24, 2.45) is 14.1 Å². The fraction of sp³-hybridized carbons (Fsp3) is 0.306. The number of methoxy groups -OCH3 is 1. The van der Waals surface area contributed by atoms with Gasteiger partial charge in [-0.2, -0.15) is 0 Å². The molecule has 9 aromatic carbocycles. The van der Waals surface area contributed by atoms with E-state index in [1.54, 1.807) is 13.3 Å². The van der Waals surface area contributed by atoms with Crippen LogP contribution < -0.4 is 47.3 Å². The molecule has 8 N–H and O–H groups in total. The van der Waals surface area contributed by atoms with E-state index in [0.717, 1.165) is 193 Å². The summed E-state index contributed by atoms with van der Waals surface area (Å²) in [5.74, 6) is 6.99. The maximum absolute atomic E-state index is 12.3. The fourth-order valence-corrected chi connectivity index (χ4v) is 19.7. The molecule has 720 valence electrons. The van der Waals surface area contributed by atoms with Crippen molar-refractivity contribution in [3.63, 3.8) is 0 Å². The molecule has 0 saturated carbocycles. The van der Waals surface area contributed by atoms with E-state index < -0.39 is 0 Å². The first-order chi connectivity index (χ1) is 68.9. The molecule has 0 atom stereocenters. The molecule has 7 aliphatic heterocycles. The van der Waals surface area contributed by atoms with E-state index in [1.165, 1.54) is 48.2 Å². The van der Waals surface area contributed by atoms with Crippen molar-refractivity contribution in [1.29, 1.82) is 0 Å². The second kappa shape index (κ2) is 42.4. The van der Waals surface area contributed by atoms with Crippen molar-refractivity contribution in [3.05, 3.63) is 297 Å². The number of ether oxygens (including phenoxy) is 1. The third-order valence-electron chi connectivity index (χ3n) is 26.8. The van der Waals surface area contributed by atoms with Gasteiger partial charge in [0, 0.05) is 169 Å². The van der Waals surface area contributed by atoms with Crippen LogP contribution in [0, 0.1) is 6.92 Å². The van der Waals surface area contributed by atoms with Gasteiger partial charge in [-0.25, -0.2) is 34.9 Å². The van der Waals surface area contributed by atoms with Crippen LogP contribution in [-0.2, 0) is 114 Å². The van der Waals surface area contributed by atoms with Crippen molar-refractivity contribution in [3.8, 4) is 28.9 Å². The first kappa shape index (κ1) is 93.8. The molecule has 24 rings (SSSR count). The normalized spacial score (nSPS) is 14.5. The summed E-state index contributed by atoms with van der Waals surface area (Å²) in [5.41, 5.74) is 22.2. The van der Waals surface area contributed by atoms with Crippen LogP contribution in [0.4, 0.5) is 0 Å². The Morgan fingerprint density at radius 1 is 0.355 bits per heavy atom. The number of para-hydroxylation sites is 6. The molecule has 0 radical (unpaired) electrons. The number of benzene rings is 9. The molecule has 1 fully saturated rings.